The van der Waals surface area contributed by atoms with Gasteiger partial charge in [0.25, 0.3) is 0 Å². The standard InChI is InChI=1S/C12H17NO/c1-8(2)13-12-7-11(10(4)14)6-5-9(12)3/h5-8,13H,1-4H3. The van der Waals surface area contributed by atoms with Gasteiger partial charge in [-0.25, -0.2) is 0 Å². The molecule has 0 aliphatic rings. The second-order valence-corrected chi connectivity index (χ2v) is 3.88. The smallest absolute Gasteiger partial charge is 0.159 e. The molecule has 1 N–H and O–H groups in total. The number of rotatable bonds is 3. The second-order valence-electron chi connectivity index (χ2n) is 3.88. The Kier molecular flexibility index (Phi) is 3.28. The van der Waals surface area contributed by atoms with Gasteiger partial charge in [0.1, 0.15) is 0 Å². The molecule has 0 saturated carbocycles. The number of carbonyl (C=O) groups is 1. The van der Waals surface area contributed by atoms with Crippen LogP contribution in [0.4, 0.5) is 5.69 Å². The van der Waals surface area contributed by atoms with Crippen molar-refractivity contribution < 1.29 is 4.79 Å². The van der Waals surface area contributed by atoms with Crippen LogP contribution in [0.25, 0.3) is 0 Å². The van der Waals surface area contributed by atoms with Crippen LogP contribution in [0.1, 0.15) is 36.7 Å². The van der Waals surface area contributed by atoms with E-state index in [1.165, 1.54) is 5.56 Å². The molecule has 0 unspecified atom stereocenters. The van der Waals surface area contributed by atoms with Crippen LogP contribution in [0.2, 0.25) is 0 Å². The van der Waals surface area contributed by atoms with Crippen LogP contribution in [0.3, 0.4) is 0 Å². The molecule has 0 radical (unpaired) electrons. The third-order valence-electron chi connectivity index (χ3n) is 2.09. The summed E-state index contributed by atoms with van der Waals surface area (Å²) in [6.45, 7) is 7.79. The monoisotopic (exact) mass is 191 g/mol. The van der Waals surface area contributed by atoms with Crippen molar-refractivity contribution in [2.24, 2.45) is 0 Å². The first-order valence-corrected chi connectivity index (χ1v) is 4.89. The molecule has 0 atom stereocenters. The topological polar surface area (TPSA) is 29.1 Å². The second kappa shape index (κ2) is 4.27. The van der Waals surface area contributed by atoms with Gasteiger partial charge in [0.15, 0.2) is 5.78 Å². The first-order valence-electron chi connectivity index (χ1n) is 4.89. The molecule has 0 bridgehead atoms. The Bertz CT molecular complexity index is 342. The molecule has 0 aromatic heterocycles. The van der Waals surface area contributed by atoms with Crippen LogP contribution in [0, 0.1) is 6.92 Å². The molecule has 0 fully saturated rings. The molecule has 14 heavy (non-hydrogen) atoms. The highest BCUT2D eigenvalue weighted by atomic mass is 16.1. The van der Waals surface area contributed by atoms with Gasteiger partial charge in [-0.05, 0) is 39.3 Å². The van der Waals surface area contributed by atoms with E-state index in [2.05, 4.69) is 19.2 Å². The highest BCUT2D eigenvalue weighted by Gasteiger charge is 2.04. The Morgan fingerprint density at radius 2 is 2.00 bits per heavy atom. The molecule has 0 aliphatic carbocycles. The summed E-state index contributed by atoms with van der Waals surface area (Å²) in [5, 5.41) is 3.32. The number of nitrogens with one attached hydrogen (secondary N) is 1. The van der Waals surface area contributed by atoms with E-state index in [1.54, 1.807) is 6.92 Å². The third-order valence-corrected chi connectivity index (χ3v) is 2.09. The quantitative estimate of drug-likeness (QED) is 0.744. The number of ketones is 1. The lowest BCUT2D eigenvalue weighted by molar-refractivity contribution is 0.101. The summed E-state index contributed by atoms with van der Waals surface area (Å²) in [5.41, 5.74) is 2.98. The Balaban J connectivity index is 3.02. The number of hydrogen-bond acceptors (Lipinski definition) is 2. The molecule has 2 nitrogen and oxygen atoms in total. The van der Waals surface area contributed by atoms with Crippen LogP contribution in [-0.2, 0) is 0 Å². The lowest BCUT2D eigenvalue weighted by Crippen LogP contribution is -2.11. The molecular weight excluding hydrogens is 174 g/mol. The summed E-state index contributed by atoms with van der Waals surface area (Å²) >= 11 is 0. The Hall–Kier alpha value is -1.31. The summed E-state index contributed by atoms with van der Waals surface area (Å²) in [4.78, 5) is 11.2. The van der Waals surface area contributed by atoms with Crippen LogP contribution in [0.5, 0.6) is 0 Å². The lowest BCUT2D eigenvalue weighted by atomic mass is 10.1. The summed E-state index contributed by atoms with van der Waals surface area (Å²) in [6, 6.07) is 6.14. The summed E-state index contributed by atoms with van der Waals surface area (Å²) < 4.78 is 0. The molecule has 0 saturated heterocycles. The largest absolute Gasteiger partial charge is 0.383 e. The fraction of sp³-hybridized carbons (Fsp3) is 0.417. The van der Waals surface area contributed by atoms with Gasteiger partial charge < -0.3 is 5.32 Å². The minimum absolute atomic E-state index is 0.108. The fourth-order valence-electron chi connectivity index (χ4n) is 1.31. The Morgan fingerprint density at radius 1 is 1.36 bits per heavy atom. The van der Waals surface area contributed by atoms with E-state index in [0.717, 1.165) is 11.3 Å². The van der Waals surface area contributed by atoms with E-state index in [4.69, 9.17) is 0 Å². The van der Waals surface area contributed by atoms with Crippen molar-refractivity contribution in [3.63, 3.8) is 0 Å². The zero-order valence-electron chi connectivity index (χ0n) is 9.22. The van der Waals surface area contributed by atoms with Crippen molar-refractivity contribution in [3.05, 3.63) is 29.3 Å². The van der Waals surface area contributed by atoms with E-state index in [1.807, 2.05) is 25.1 Å². The van der Waals surface area contributed by atoms with E-state index < -0.39 is 0 Å². The first kappa shape index (κ1) is 10.8. The molecule has 0 amide bonds. The molecule has 1 aromatic carbocycles. The maximum Gasteiger partial charge on any atom is 0.159 e. The highest BCUT2D eigenvalue weighted by Crippen LogP contribution is 2.17. The van der Waals surface area contributed by atoms with Crippen molar-refractivity contribution in [1.29, 1.82) is 0 Å². The minimum Gasteiger partial charge on any atom is -0.383 e. The molecule has 0 aliphatic heterocycles. The van der Waals surface area contributed by atoms with Crippen molar-refractivity contribution in [1.82, 2.24) is 0 Å². The van der Waals surface area contributed by atoms with Gasteiger partial charge in [-0.15, -0.1) is 0 Å². The third kappa shape index (κ3) is 2.59. The van der Waals surface area contributed by atoms with E-state index in [0.29, 0.717) is 6.04 Å². The highest BCUT2D eigenvalue weighted by molar-refractivity contribution is 5.95. The predicted molar refractivity (Wildman–Crippen MR) is 59.9 cm³/mol. The van der Waals surface area contributed by atoms with Crippen molar-refractivity contribution >= 4 is 11.5 Å². The van der Waals surface area contributed by atoms with Gasteiger partial charge in [0.2, 0.25) is 0 Å². The average molecular weight is 191 g/mol. The fourth-order valence-corrected chi connectivity index (χ4v) is 1.31. The van der Waals surface area contributed by atoms with Crippen LogP contribution >= 0.6 is 0 Å². The van der Waals surface area contributed by atoms with Crippen LogP contribution in [-0.4, -0.2) is 11.8 Å². The number of Topliss-reactive ketones (excluding diaryl/α,β-unsaturated/α-hetero) is 1. The van der Waals surface area contributed by atoms with E-state index >= 15 is 0 Å². The van der Waals surface area contributed by atoms with Crippen LogP contribution in [0.15, 0.2) is 18.2 Å². The summed E-state index contributed by atoms with van der Waals surface area (Å²) in [7, 11) is 0. The van der Waals surface area contributed by atoms with Gasteiger partial charge in [0.05, 0.1) is 0 Å². The van der Waals surface area contributed by atoms with Crippen molar-refractivity contribution in [2.45, 2.75) is 33.7 Å². The summed E-state index contributed by atoms with van der Waals surface area (Å²) in [6.07, 6.45) is 0. The predicted octanol–water partition coefficient (Wildman–Crippen LogP) is 3.02. The maximum atomic E-state index is 11.2. The van der Waals surface area contributed by atoms with E-state index in [-0.39, 0.29) is 5.78 Å². The SMILES string of the molecule is CC(=O)c1ccc(C)c(NC(C)C)c1. The molecule has 0 heterocycles. The average Bonchev–Trinajstić information content (AvgIpc) is 2.07. The number of carbonyl (C=O) groups excluding carboxylic acids is 1. The minimum atomic E-state index is 0.108. The van der Waals surface area contributed by atoms with Gasteiger partial charge in [-0.3, -0.25) is 4.79 Å². The zero-order valence-corrected chi connectivity index (χ0v) is 9.22. The molecule has 76 valence electrons. The van der Waals surface area contributed by atoms with E-state index in [9.17, 15) is 4.79 Å². The lowest BCUT2D eigenvalue weighted by Gasteiger charge is -2.13. The Labute approximate surface area is 85.3 Å². The summed E-state index contributed by atoms with van der Waals surface area (Å²) in [5.74, 6) is 0.108. The normalized spacial score (nSPS) is 10.4. The molecule has 1 rings (SSSR count). The van der Waals surface area contributed by atoms with Gasteiger partial charge in [0, 0.05) is 17.3 Å². The first-order chi connectivity index (χ1) is 6.50. The van der Waals surface area contributed by atoms with Crippen molar-refractivity contribution in [2.75, 3.05) is 5.32 Å². The number of aryl methyl sites for hydroxylation is 1. The van der Waals surface area contributed by atoms with Gasteiger partial charge in [-0.1, -0.05) is 12.1 Å². The van der Waals surface area contributed by atoms with Gasteiger partial charge >= 0.3 is 0 Å². The Morgan fingerprint density at radius 3 is 2.50 bits per heavy atom. The molecule has 2 heteroatoms. The number of anilines is 1. The number of hydrogen-bond donors (Lipinski definition) is 1. The molecule has 0 spiro atoms. The maximum absolute atomic E-state index is 11.2. The molecule has 1 aromatic rings. The van der Waals surface area contributed by atoms with Gasteiger partial charge in [-0.2, -0.15) is 0 Å². The van der Waals surface area contributed by atoms with Crippen LogP contribution < -0.4 is 5.32 Å². The van der Waals surface area contributed by atoms with Crippen molar-refractivity contribution in [3.8, 4) is 0 Å². The molecular formula is C12H17NO. The zero-order chi connectivity index (χ0) is 10.7. The number of benzene rings is 1.